The van der Waals surface area contributed by atoms with Gasteiger partial charge in [0.05, 0.1) is 42.4 Å². The number of phosphoric acid groups is 3. The quantitative estimate of drug-likeness (QED) is 0.00902. The van der Waals surface area contributed by atoms with Crippen molar-refractivity contribution in [3.05, 3.63) is 151 Å². The number of aliphatic hydroxyl groups is 1. The van der Waals surface area contributed by atoms with Gasteiger partial charge in [-0.25, -0.2) is 18.5 Å². The number of ether oxygens (including phenoxy) is 1. The Bertz CT molecular complexity index is 4500. The van der Waals surface area contributed by atoms with E-state index < -0.39 is 120 Å². The second kappa shape index (κ2) is 42.0. The number of anilines is 1. The SMILES string of the molecule is CCCc1cc2c(cc1C)C(c1ccccc1C(=O)N(C)CCCC(=O)NCCNC(=O)c1cccc(C(=O)NC(CCCSSCCC(=O)CCC#Cc3cn([C@H]4CC(O)[C@@H](COP(=O)(O)OP(=O)(O)OP(=O)(O)O)O4)c(=O)nc3N)C(=O)NC(CC(=O)O)C(=O)CC(CC)C(=O)O)c1)C1C=C(C)C(=NCC)C=C1C2. The molecule has 13 N–H and O–H groups in total. The van der Waals surface area contributed by atoms with Gasteiger partial charge in [-0.15, -0.1) is 0 Å². The minimum Gasteiger partial charge on any atom is -0.481 e. The molecule has 5 amide bonds. The van der Waals surface area contributed by atoms with Gasteiger partial charge in [-0.05, 0) is 123 Å². The summed E-state index contributed by atoms with van der Waals surface area (Å²) in [5.41, 5.74) is 14.9. The Kier molecular flexibility index (Phi) is 34.0. The van der Waals surface area contributed by atoms with E-state index in [-0.39, 0.29) is 123 Å². The maximum atomic E-state index is 14.5. The average molecular weight is 1640 g/mol. The fraction of sp³-hybridized carbons (Fsp3) is 0.479. The lowest BCUT2D eigenvalue weighted by atomic mass is 9.65. The number of aryl methyl sites for hydroxylation is 2. The molecular formula is C73H94N9O24P3S2. The number of nitrogen functional groups attached to an aromatic ring is 1. The van der Waals surface area contributed by atoms with Crippen LogP contribution in [-0.4, -0.2) is 184 Å². The van der Waals surface area contributed by atoms with Gasteiger partial charge in [0, 0.05) is 118 Å². The summed E-state index contributed by atoms with van der Waals surface area (Å²) in [5.74, 6) is -1.97. The lowest BCUT2D eigenvalue weighted by Gasteiger charge is -2.38. The Morgan fingerprint density at radius 1 is 0.838 bits per heavy atom. The Hall–Kier alpha value is -8.29. The normalized spacial score (nSPS) is 18.8. The lowest BCUT2D eigenvalue weighted by molar-refractivity contribution is -0.144. The maximum Gasteiger partial charge on any atom is 0.490 e. The number of carboxylic acids is 2. The Morgan fingerprint density at radius 3 is 2.24 bits per heavy atom. The van der Waals surface area contributed by atoms with Crippen LogP contribution in [0.3, 0.4) is 0 Å². The van der Waals surface area contributed by atoms with Crippen LogP contribution in [0.4, 0.5) is 5.82 Å². The molecule has 3 aliphatic rings. The van der Waals surface area contributed by atoms with Crippen LogP contribution in [0.25, 0.3) is 0 Å². The number of aliphatic hydroxyl groups excluding tert-OH is 1. The number of benzene rings is 3. The fourth-order valence-corrected chi connectivity index (χ4v) is 17.9. The number of nitrogens with two attached hydrogens (primary N) is 1. The van der Waals surface area contributed by atoms with E-state index in [0.29, 0.717) is 30.0 Å². The molecule has 111 heavy (non-hydrogen) atoms. The summed E-state index contributed by atoms with van der Waals surface area (Å²) in [4.78, 5) is 179. The van der Waals surface area contributed by atoms with E-state index in [2.05, 4.69) is 96.3 Å². The number of fused-ring (bicyclic) bond motifs is 2. The lowest BCUT2D eigenvalue weighted by Crippen LogP contribution is -2.52. The van der Waals surface area contributed by atoms with Crippen LogP contribution in [0.5, 0.6) is 0 Å². The summed E-state index contributed by atoms with van der Waals surface area (Å²) >= 11 is 0. The van der Waals surface area contributed by atoms with Gasteiger partial charge in [0.1, 0.15) is 30.0 Å². The predicted octanol–water partition coefficient (Wildman–Crippen LogP) is 7.21. The third kappa shape index (κ3) is 27.2. The Balaban J connectivity index is 0.879. The number of hydrogen-bond acceptors (Lipinski definition) is 23. The van der Waals surface area contributed by atoms with Crippen LogP contribution >= 0.6 is 45.1 Å². The molecule has 1 saturated heterocycles. The minimum atomic E-state index is -5.83. The van der Waals surface area contributed by atoms with Crippen molar-refractivity contribution in [3.8, 4) is 11.8 Å². The molecule has 0 bridgehead atoms. The highest BCUT2D eigenvalue weighted by Crippen LogP contribution is 2.66. The van der Waals surface area contributed by atoms with Gasteiger partial charge in [-0.1, -0.05) is 102 Å². The highest BCUT2D eigenvalue weighted by molar-refractivity contribution is 8.76. The molecule has 3 aromatic carbocycles. The standard InChI is InChI=1S/C73H94N9O24P3S2/c1-7-17-46-34-50-36-51-37-58(75-9-3)44(5)33-56(51)66(55(50)32-43(46)4)53-22-12-13-23-54(53)71(92)81(6)29-15-25-63(86)76-27-28-77-68(89)47-19-14-20-48(35-47)69(90)78-57(70(91)79-59(39-65(87)88)60(84)38-45(8-2)72(93)94)24-16-30-110-111-31-26-52(83)21-11-10-18-49-41-82(73(95)80-67(49)74)64-40-61(85)62(104-64)42-103-108(99,100)106-109(101,102)105-107(96,97)98/h12-14,19-20,22-23,32-35,37,41,45,56-57,59,61-62,64,66,85H,7-9,11,15-17,21,24-31,36,38-40,42H2,1-6H3,(H,76,86)(H,77,89)(H,78,90)(H,79,91)(H,87,88)(H,93,94)(H,99,100)(H,101,102)(H2,74,80,95)(H2,96,97,98)/t45?,56?,57?,59?,61?,62-,64-,66?/m1/s1. The number of ketones is 2. The van der Waals surface area contributed by atoms with E-state index in [1.165, 1.54) is 80.6 Å². The van der Waals surface area contributed by atoms with Crippen molar-refractivity contribution in [2.45, 2.75) is 161 Å². The molecule has 1 aliphatic heterocycles. The number of aromatic nitrogens is 2. The van der Waals surface area contributed by atoms with E-state index >= 15 is 0 Å². The van der Waals surface area contributed by atoms with Gasteiger partial charge in [0.15, 0.2) is 5.78 Å². The van der Waals surface area contributed by atoms with Crippen LogP contribution in [0.1, 0.15) is 181 Å². The minimum absolute atomic E-state index is 0.000816. The van der Waals surface area contributed by atoms with Gasteiger partial charge >= 0.3 is 41.1 Å². The summed E-state index contributed by atoms with van der Waals surface area (Å²) < 4.78 is 53.1. The van der Waals surface area contributed by atoms with E-state index in [4.69, 9.17) is 25.2 Å². The van der Waals surface area contributed by atoms with Gasteiger partial charge < -0.3 is 71.5 Å². The second-order valence-electron chi connectivity index (χ2n) is 26.7. The smallest absolute Gasteiger partial charge is 0.481 e. The van der Waals surface area contributed by atoms with Gasteiger partial charge in [0.2, 0.25) is 11.8 Å². The summed E-state index contributed by atoms with van der Waals surface area (Å²) in [6.45, 7) is 9.99. The first-order chi connectivity index (χ1) is 52.5. The summed E-state index contributed by atoms with van der Waals surface area (Å²) in [6.07, 6.45) is 3.29. The van der Waals surface area contributed by atoms with E-state index in [1.54, 1.807) is 11.9 Å². The molecule has 0 saturated carbocycles. The number of carbonyl (C=O) groups excluding carboxylic acids is 7. The number of nitrogens with zero attached hydrogens (tertiary/aromatic N) is 4. The number of carbonyl (C=O) groups is 9. The fourth-order valence-electron chi connectivity index (χ4n) is 12.8. The molecular weight excluding hydrogens is 1540 g/mol. The van der Waals surface area contributed by atoms with Crippen LogP contribution in [0.2, 0.25) is 0 Å². The number of aliphatic carboxylic acids is 2. The third-order valence-electron chi connectivity index (χ3n) is 18.3. The molecule has 0 spiro atoms. The van der Waals surface area contributed by atoms with Crippen molar-refractivity contribution < 1.29 is 110 Å². The average Bonchev–Trinajstić information content (AvgIpc) is 1.33. The van der Waals surface area contributed by atoms with Crippen molar-refractivity contribution in [1.29, 1.82) is 0 Å². The molecule has 602 valence electrons. The van der Waals surface area contributed by atoms with Crippen molar-refractivity contribution in [2.75, 3.05) is 57.1 Å². The molecule has 38 heteroatoms. The first-order valence-corrected chi connectivity index (χ1v) is 42.9. The highest BCUT2D eigenvalue weighted by atomic mass is 33.1. The number of amides is 5. The molecule has 8 unspecified atom stereocenters. The maximum absolute atomic E-state index is 14.5. The van der Waals surface area contributed by atoms with E-state index in [9.17, 15) is 86.7 Å². The number of hydrogen-bond donors (Lipinski definition) is 12. The van der Waals surface area contributed by atoms with E-state index in [0.717, 1.165) is 46.9 Å². The van der Waals surface area contributed by atoms with Crippen LogP contribution in [-0.2, 0) is 73.2 Å². The van der Waals surface area contributed by atoms with Crippen molar-refractivity contribution in [1.82, 2.24) is 35.7 Å². The number of nitrogens with one attached hydrogen (secondary N) is 4. The summed E-state index contributed by atoms with van der Waals surface area (Å²) in [6, 6.07) is 14.9. The zero-order valence-corrected chi connectivity index (χ0v) is 66.4. The van der Waals surface area contributed by atoms with Crippen molar-refractivity contribution >= 4 is 110 Å². The first kappa shape index (κ1) is 89.9. The molecule has 1 aromatic heterocycles. The monoisotopic (exact) mass is 1640 g/mol. The number of carboxylic acid groups (broad SMARTS) is 2. The largest absolute Gasteiger partial charge is 0.490 e. The number of aliphatic imine (C=N–C) groups is 1. The number of allylic oxidation sites excluding steroid dienone is 4. The highest BCUT2D eigenvalue weighted by Gasteiger charge is 2.44. The molecule has 2 aliphatic carbocycles. The van der Waals surface area contributed by atoms with Crippen LogP contribution in [0.15, 0.2) is 99.9 Å². The van der Waals surface area contributed by atoms with Gasteiger partial charge in [-0.3, -0.25) is 57.2 Å². The van der Waals surface area contributed by atoms with E-state index in [1.807, 2.05) is 31.2 Å². The number of Topliss-reactive ketones (excluding diaryl/α,β-unsaturated/α-hetero) is 2. The molecule has 33 nitrogen and oxygen atoms in total. The zero-order valence-electron chi connectivity index (χ0n) is 62.1. The van der Waals surface area contributed by atoms with Gasteiger partial charge in [0.25, 0.3) is 17.7 Å². The summed E-state index contributed by atoms with van der Waals surface area (Å²) in [5, 5.41) is 40.4. The van der Waals surface area contributed by atoms with Crippen molar-refractivity contribution in [3.63, 3.8) is 0 Å². The molecule has 0 radical (unpaired) electrons. The van der Waals surface area contributed by atoms with Crippen LogP contribution in [0, 0.1) is 30.6 Å². The number of rotatable bonds is 42. The molecule has 4 aromatic rings. The Labute approximate surface area is 649 Å². The van der Waals surface area contributed by atoms with Crippen molar-refractivity contribution in [2.24, 2.45) is 16.8 Å². The molecule has 1 fully saturated rings. The zero-order chi connectivity index (χ0) is 81.5. The predicted molar refractivity (Wildman–Crippen MR) is 412 cm³/mol. The topological polar surface area (TPSA) is 508 Å². The second-order valence-corrected chi connectivity index (χ2v) is 33.8. The molecule has 7 rings (SSSR count). The third-order valence-corrected chi connectivity index (χ3v) is 24.6. The first-order valence-electron chi connectivity index (χ1n) is 35.9. The van der Waals surface area contributed by atoms with Crippen LogP contribution < -0.4 is 32.7 Å². The summed E-state index contributed by atoms with van der Waals surface area (Å²) in [7, 11) is -12.7. The van der Waals surface area contributed by atoms with Gasteiger partial charge in [-0.2, -0.15) is 13.6 Å². The number of phosphoric ester groups is 1. The molecule has 10 atom stereocenters. The molecule has 2 heterocycles. The Morgan fingerprint density at radius 2 is 1.55 bits per heavy atom.